The van der Waals surface area contributed by atoms with Gasteiger partial charge in [-0.05, 0) is 48.2 Å². The van der Waals surface area contributed by atoms with E-state index < -0.39 is 0 Å². The van der Waals surface area contributed by atoms with E-state index >= 15 is 0 Å². The molecule has 5 nitrogen and oxygen atoms in total. The Bertz CT molecular complexity index is 967. The molecule has 2 aromatic heterocycles. The van der Waals surface area contributed by atoms with Gasteiger partial charge in [-0.2, -0.15) is 0 Å². The van der Waals surface area contributed by atoms with Crippen molar-refractivity contribution in [1.29, 1.82) is 0 Å². The van der Waals surface area contributed by atoms with Gasteiger partial charge in [-0.15, -0.1) is 11.3 Å². The summed E-state index contributed by atoms with van der Waals surface area (Å²) in [5, 5.41) is 6.11. The highest BCUT2D eigenvalue weighted by atomic mass is 32.1. The van der Waals surface area contributed by atoms with Crippen LogP contribution in [0.4, 0.5) is 16.6 Å². The van der Waals surface area contributed by atoms with Gasteiger partial charge in [0.05, 0.1) is 17.8 Å². The predicted molar refractivity (Wildman–Crippen MR) is 99.4 cm³/mol. The molecule has 1 N–H and O–H groups in total. The van der Waals surface area contributed by atoms with Crippen LogP contribution in [0.5, 0.6) is 0 Å². The second-order valence-electron chi connectivity index (χ2n) is 6.35. The lowest BCUT2D eigenvalue weighted by Gasteiger charge is -2.25. The van der Waals surface area contributed by atoms with Crippen LogP contribution in [0, 0.1) is 0 Å². The Morgan fingerprint density at radius 3 is 3.00 bits per heavy atom. The van der Waals surface area contributed by atoms with E-state index in [4.69, 9.17) is 4.98 Å². The van der Waals surface area contributed by atoms with Crippen LogP contribution < -0.4 is 10.2 Å². The molecular formula is C19H16N4OS. The topological polar surface area (TPSA) is 58.1 Å². The van der Waals surface area contributed by atoms with Crippen LogP contribution in [0.25, 0.3) is 11.3 Å². The van der Waals surface area contributed by atoms with E-state index in [0.717, 1.165) is 52.8 Å². The minimum Gasteiger partial charge on any atom is -0.316 e. The quantitative estimate of drug-likeness (QED) is 0.782. The first kappa shape index (κ1) is 14.6. The third-order valence-electron chi connectivity index (χ3n) is 4.71. The van der Waals surface area contributed by atoms with Crippen LogP contribution in [-0.4, -0.2) is 22.4 Å². The summed E-state index contributed by atoms with van der Waals surface area (Å²) < 4.78 is 0. The molecule has 0 aliphatic carbocycles. The molecule has 5 rings (SSSR count). The number of hydrogen-bond donors (Lipinski definition) is 1. The summed E-state index contributed by atoms with van der Waals surface area (Å²) >= 11 is 1.56. The third kappa shape index (κ3) is 2.49. The highest BCUT2D eigenvalue weighted by Gasteiger charge is 2.32. The van der Waals surface area contributed by atoms with Crippen molar-refractivity contribution in [2.75, 3.05) is 16.8 Å². The molecule has 6 heteroatoms. The number of aryl methyl sites for hydroxylation is 1. The van der Waals surface area contributed by atoms with Crippen molar-refractivity contribution in [2.45, 2.75) is 19.3 Å². The van der Waals surface area contributed by atoms with Gasteiger partial charge in [0.15, 0.2) is 5.13 Å². The van der Waals surface area contributed by atoms with Gasteiger partial charge < -0.3 is 10.2 Å². The number of nitrogens with one attached hydrogen (secondary N) is 1. The molecule has 4 heterocycles. The molecule has 2 aliphatic rings. The molecule has 1 aromatic carbocycles. The van der Waals surface area contributed by atoms with E-state index in [0.29, 0.717) is 6.42 Å². The fourth-order valence-electron chi connectivity index (χ4n) is 3.64. The SMILES string of the molecule is O=C1Cc2cc(-c3csc(Nc4ccccn4)n3)cc3c2N1CCC3. The maximum absolute atomic E-state index is 12.2. The number of carbonyl (C=O) groups is 1. The van der Waals surface area contributed by atoms with Crippen LogP contribution >= 0.6 is 11.3 Å². The molecule has 0 fully saturated rings. The summed E-state index contributed by atoms with van der Waals surface area (Å²) in [6.45, 7) is 0.854. The van der Waals surface area contributed by atoms with Gasteiger partial charge in [0, 0.05) is 23.7 Å². The number of pyridine rings is 1. The Hall–Kier alpha value is -2.73. The Balaban J connectivity index is 1.49. The Kier molecular flexibility index (Phi) is 3.31. The number of aromatic nitrogens is 2. The Morgan fingerprint density at radius 1 is 1.20 bits per heavy atom. The molecule has 124 valence electrons. The molecular weight excluding hydrogens is 332 g/mol. The molecule has 0 spiro atoms. The lowest BCUT2D eigenvalue weighted by Crippen LogP contribution is -2.31. The van der Waals surface area contributed by atoms with Crippen molar-refractivity contribution < 1.29 is 4.79 Å². The fraction of sp³-hybridized carbons (Fsp3) is 0.211. The number of hydrogen-bond acceptors (Lipinski definition) is 5. The number of rotatable bonds is 3. The van der Waals surface area contributed by atoms with Crippen molar-refractivity contribution >= 4 is 33.9 Å². The first-order chi connectivity index (χ1) is 12.3. The minimum atomic E-state index is 0.226. The zero-order valence-corrected chi connectivity index (χ0v) is 14.3. The summed E-state index contributed by atoms with van der Waals surface area (Å²) in [6.07, 6.45) is 4.33. The largest absolute Gasteiger partial charge is 0.316 e. The van der Waals surface area contributed by atoms with E-state index in [1.165, 1.54) is 5.56 Å². The smallest absolute Gasteiger partial charge is 0.231 e. The van der Waals surface area contributed by atoms with Gasteiger partial charge in [-0.25, -0.2) is 9.97 Å². The molecule has 2 aliphatic heterocycles. The predicted octanol–water partition coefficient (Wildman–Crippen LogP) is 3.78. The number of amides is 1. The standard InChI is InChI=1S/C19H16N4OS/c24-17-10-14-9-13(8-12-4-3-7-23(17)18(12)14)15-11-25-19(21-15)22-16-5-1-2-6-20-16/h1-2,5-6,8-9,11H,3-4,7,10H2,(H,20,21,22). The van der Waals surface area contributed by atoms with Crippen LogP contribution in [0.3, 0.4) is 0 Å². The first-order valence-electron chi connectivity index (χ1n) is 8.38. The maximum Gasteiger partial charge on any atom is 0.231 e. The van der Waals surface area contributed by atoms with Crippen molar-refractivity contribution in [1.82, 2.24) is 9.97 Å². The van der Waals surface area contributed by atoms with E-state index in [2.05, 4.69) is 27.8 Å². The Labute approximate surface area is 149 Å². The summed E-state index contributed by atoms with van der Waals surface area (Å²) in [5.74, 6) is 1.01. The van der Waals surface area contributed by atoms with Crippen LogP contribution in [0.2, 0.25) is 0 Å². The van der Waals surface area contributed by atoms with E-state index in [1.54, 1.807) is 17.5 Å². The zero-order valence-electron chi connectivity index (χ0n) is 13.5. The van der Waals surface area contributed by atoms with Gasteiger partial charge in [-0.3, -0.25) is 4.79 Å². The maximum atomic E-state index is 12.2. The minimum absolute atomic E-state index is 0.226. The van der Waals surface area contributed by atoms with Gasteiger partial charge in [0.1, 0.15) is 5.82 Å². The monoisotopic (exact) mass is 348 g/mol. The molecule has 0 saturated heterocycles. The van der Waals surface area contributed by atoms with Crippen molar-refractivity contribution in [3.8, 4) is 11.3 Å². The lowest BCUT2D eigenvalue weighted by atomic mass is 9.96. The van der Waals surface area contributed by atoms with Gasteiger partial charge in [-0.1, -0.05) is 6.07 Å². The third-order valence-corrected chi connectivity index (χ3v) is 5.47. The number of nitrogens with zero attached hydrogens (tertiary/aromatic N) is 3. The lowest BCUT2D eigenvalue weighted by molar-refractivity contribution is -0.117. The molecule has 0 saturated carbocycles. The van der Waals surface area contributed by atoms with Crippen LogP contribution in [-0.2, 0) is 17.6 Å². The average Bonchev–Trinajstić information content (AvgIpc) is 3.22. The number of thiazole rings is 1. The highest BCUT2D eigenvalue weighted by Crippen LogP contribution is 2.40. The Morgan fingerprint density at radius 2 is 2.12 bits per heavy atom. The summed E-state index contributed by atoms with van der Waals surface area (Å²) in [5.41, 5.74) is 5.61. The second-order valence-corrected chi connectivity index (χ2v) is 7.20. The van der Waals surface area contributed by atoms with E-state index in [-0.39, 0.29) is 5.91 Å². The molecule has 3 aromatic rings. The second kappa shape index (κ2) is 5.67. The van der Waals surface area contributed by atoms with Crippen LogP contribution in [0.15, 0.2) is 41.9 Å². The molecule has 0 radical (unpaired) electrons. The summed E-state index contributed by atoms with van der Waals surface area (Å²) in [7, 11) is 0. The first-order valence-corrected chi connectivity index (χ1v) is 9.26. The fourth-order valence-corrected chi connectivity index (χ4v) is 4.36. The molecule has 1 amide bonds. The van der Waals surface area contributed by atoms with Gasteiger partial charge >= 0.3 is 0 Å². The average molecular weight is 348 g/mol. The van der Waals surface area contributed by atoms with Crippen molar-refractivity contribution in [2.24, 2.45) is 0 Å². The summed E-state index contributed by atoms with van der Waals surface area (Å²) in [4.78, 5) is 23.1. The zero-order chi connectivity index (χ0) is 16.8. The number of anilines is 3. The molecule has 0 unspecified atom stereocenters. The number of carbonyl (C=O) groups excluding carboxylic acids is 1. The molecule has 25 heavy (non-hydrogen) atoms. The van der Waals surface area contributed by atoms with E-state index in [1.807, 2.05) is 23.1 Å². The van der Waals surface area contributed by atoms with Crippen molar-refractivity contribution in [3.63, 3.8) is 0 Å². The van der Waals surface area contributed by atoms with Gasteiger partial charge in [0.2, 0.25) is 5.91 Å². The molecule has 0 bridgehead atoms. The molecule has 0 atom stereocenters. The number of benzene rings is 1. The van der Waals surface area contributed by atoms with Gasteiger partial charge in [0.25, 0.3) is 0 Å². The van der Waals surface area contributed by atoms with E-state index in [9.17, 15) is 4.79 Å². The van der Waals surface area contributed by atoms with Crippen molar-refractivity contribution in [3.05, 3.63) is 53.0 Å². The normalized spacial score (nSPS) is 15.4. The van der Waals surface area contributed by atoms with Crippen LogP contribution in [0.1, 0.15) is 17.5 Å². The highest BCUT2D eigenvalue weighted by molar-refractivity contribution is 7.14. The summed E-state index contributed by atoms with van der Waals surface area (Å²) in [6, 6.07) is 10.1.